The van der Waals surface area contributed by atoms with Crippen molar-refractivity contribution in [3.8, 4) is 12.1 Å². The van der Waals surface area contributed by atoms with Crippen LogP contribution < -0.4 is 0 Å². The molecule has 0 amide bonds. The van der Waals surface area contributed by atoms with Crippen LogP contribution in [0.15, 0.2) is 36.1 Å². The molecule has 0 saturated heterocycles. The zero-order valence-corrected chi connectivity index (χ0v) is 8.53. The Morgan fingerprint density at radius 2 is 1.87 bits per heavy atom. The molecule has 0 saturated carbocycles. The van der Waals surface area contributed by atoms with E-state index in [0.29, 0.717) is 11.6 Å². The lowest BCUT2D eigenvalue weighted by atomic mass is 10.2. The molecular weight excluding hydrogens is 212 g/mol. The lowest BCUT2D eigenvalue weighted by Crippen LogP contribution is -1.87. The minimum atomic E-state index is -0.0519. The Kier molecular flexibility index (Phi) is 4.22. The Balaban J connectivity index is 2.53. The van der Waals surface area contributed by atoms with Gasteiger partial charge in [0.15, 0.2) is 5.57 Å². The van der Waals surface area contributed by atoms with Gasteiger partial charge in [-0.3, -0.25) is 0 Å². The van der Waals surface area contributed by atoms with Gasteiger partial charge in [-0.2, -0.15) is 10.5 Å². The van der Waals surface area contributed by atoms with E-state index >= 15 is 0 Å². The molecule has 0 spiro atoms. The lowest BCUT2D eigenvalue weighted by molar-refractivity contribution is 0.235. The number of rotatable bonds is 3. The molecule has 0 radical (unpaired) electrons. The molecule has 1 aromatic carbocycles. The molecule has 74 valence electrons. The van der Waals surface area contributed by atoms with Crippen LogP contribution in [0.3, 0.4) is 0 Å². The molecule has 0 N–H and O–H groups in total. The SMILES string of the molecule is N#CC(C#N)=COCc1ccc(Cl)cc1. The molecule has 3 nitrogen and oxygen atoms in total. The van der Waals surface area contributed by atoms with Crippen molar-refractivity contribution in [2.45, 2.75) is 6.61 Å². The molecular formula is C11H7ClN2O. The summed E-state index contributed by atoms with van der Waals surface area (Å²) < 4.78 is 5.05. The second-order valence-corrected chi connectivity index (χ2v) is 3.13. The van der Waals surface area contributed by atoms with E-state index in [4.69, 9.17) is 26.9 Å². The molecule has 0 heterocycles. The standard InChI is InChI=1S/C11H7ClN2O/c12-11-3-1-9(2-4-11)7-15-8-10(5-13)6-14/h1-4,8H,7H2. The van der Waals surface area contributed by atoms with Crippen LogP contribution in [0.25, 0.3) is 0 Å². The van der Waals surface area contributed by atoms with Crippen LogP contribution in [0.5, 0.6) is 0 Å². The number of nitrogens with zero attached hydrogens (tertiary/aromatic N) is 2. The topological polar surface area (TPSA) is 56.8 Å². The van der Waals surface area contributed by atoms with Crippen LogP contribution in [0.4, 0.5) is 0 Å². The van der Waals surface area contributed by atoms with Gasteiger partial charge in [-0.15, -0.1) is 0 Å². The monoisotopic (exact) mass is 218 g/mol. The summed E-state index contributed by atoms with van der Waals surface area (Å²) in [5.41, 5.74) is 0.870. The van der Waals surface area contributed by atoms with Crippen LogP contribution in [0.1, 0.15) is 5.56 Å². The number of hydrogen-bond acceptors (Lipinski definition) is 3. The maximum Gasteiger partial charge on any atom is 0.164 e. The largest absolute Gasteiger partial charge is 0.494 e. The van der Waals surface area contributed by atoms with Crippen molar-refractivity contribution in [3.05, 3.63) is 46.7 Å². The Bertz CT molecular complexity index is 421. The van der Waals surface area contributed by atoms with Crippen LogP contribution in [-0.2, 0) is 11.3 Å². The number of ether oxygens (including phenoxy) is 1. The van der Waals surface area contributed by atoms with Gasteiger partial charge in [0.2, 0.25) is 0 Å². The molecule has 0 aliphatic rings. The summed E-state index contributed by atoms with van der Waals surface area (Å²) in [6.07, 6.45) is 1.15. The number of benzene rings is 1. The molecule has 0 atom stereocenters. The average Bonchev–Trinajstić information content (AvgIpc) is 2.27. The summed E-state index contributed by atoms with van der Waals surface area (Å²) in [5, 5.41) is 17.5. The highest BCUT2D eigenvalue weighted by atomic mass is 35.5. The fourth-order valence-electron chi connectivity index (χ4n) is 0.880. The van der Waals surface area contributed by atoms with Gasteiger partial charge >= 0.3 is 0 Å². The fourth-order valence-corrected chi connectivity index (χ4v) is 1.01. The van der Waals surface area contributed by atoms with Crippen molar-refractivity contribution in [3.63, 3.8) is 0 Å². The predicted molar refractivity (Wildman–Crippen MR) is 55.6 cm³/mol. The number of nitriles is 2. The number of hydrogen-bond donors (Lipinski definition) is 0. The average molecular weight is 219 g/mol. The number of allylic oxidation sites excluding steroid dienone is 1. The molecule has 0 unspecified atom stereocenters. The van der Waals surface area contributed by atoms with Gasteiger partial charge in [-0.05, 0) is 17.7 Å². The van der Waals surface area contributed by atoms with Crippen molar-refractivity contribution >= 4 is 11.6 Å². The minimum Gasteiger partial charge on any atom is -0.494 e. The third kappa shape index (κ3) is 3.72. The summed E-state index contributed by atoms with van der Waals surface area (Å²) in [6.45, 7) is 0.310. The Hall–Kier alpha value is -1.97. The maximum atomic E-state index is 8.42. The Labute approximate surface area is 92.8 Å². The Morgan fingerprint density at radius 3 is 2.40 bits per heavy atom. The van der Waals surface area contributed by atoms with E-state index in [2.05, 4.69) is 0 Å². The summed E-state index contributed by atoms with van der Waals surface area (Å²) >= 11 is 5.70. The lowest BCUT2D eigenvalue weighted by Gasteiger charge is -2.00. The van der Waals surface area contributed by atoms with E-state index in [-0.39, 0.29) is 5.57 Å². The molecule has 1 aromatic rings. The van der Waals surface area contributed by atoms with Crippen LogP contribution in [-0.4, -0.2) is 0 Å². The smallest absolute Gasteiger partial charge is 0.164 e. The van der Waals surface area contributed by atoms with Crippen molar-refractivity contribution in [1.29, 1.82) is 10.5 Å². The normalized spacial score (nSPS) is 8.47. The zero-order valence-electron chi connectivity index (χ0n) is 7.77. The third-order valence-electron chi connectivity index (χ3n) is 1.61. The maximum absolute atomic E-state index is 8.42. The first kappa shape index (κ1) is 11.1. The first-order chi connectivity index (χ1) is 7.26. The highest BCUT2D eigenvalue weighted by Gasteiger charge is 1.94. The first-order valence-electron chi connectivity index (χ1n) is 4.12. The van der Waals surface area contributed by atoms with E-state index in [1.54, 1.807) is 24.3 Å². The summed E-state index contributed by atoms with van der Waals surface area (Å²) in [6, 6.07) is 10.5. The fraction of sp³-hybridized carbons (Fsp3) is 0.0909. The van der Waals surface area contributed by atoms with E-state index in [1.807, 2.05) is 12.1 Å². The molecule has 15 heavy (non-hydrogen) atoms. The molecule has 0 fully saturated rings. The van der Waals surface area contributed by atoms with E-state index in [9.17, 15) is 0 Å². The molecule has 0 aliphatic heterocycles. The van der Waals surface area contributed by atoms with Crippen molar-refractivity contribution in [2.24, 2.45) is 0 Å². The predicted octanol–water partition coefficient (Wildman–Crippen LogP) is 2.79. The molecule has 0 aliphatic carbocycles. The van der Waals surface area contributed by atoms with Crippen molar-refractivity contribution in [2.75, 3.05) is 0 Å². The highest BCUT2D eigenvalue weighted by molar-refractivity contribution is 6.30. The van der Waals surface area contributed by atoms with Gasteiger partial charge in [0, 0.05) is 5.02 Å². The van der Waals surface area contributed by atoms with Crippen molar-refractivity contribution in [1.82, 2.24) is 0 Å². The van der Waals surface area contributed by atoms with Gasteiger partial charge < -0.3 is 4.74 Å². The first-order valence-corrected chi connectivity index (χ1v) is 4.50. The van der Waals surface area contributed by atoms with Gasteiger partial charge in [-0.25, -0.2) is 0 Å². The van der Waals surface area contributed by atoms with Crippen LogP contribution >= 0.6 is 11.6 Å². The molecule has 0 bridgehead atoms. The van der Waals surface area contributed by atoms with E-state index < -0.39 is 0 Å². The van der Waals surface area contributed by atoms with Gasteiger partial charge in [0.1, 0.15) is 25.0 Å². The number of halogens is 1. The minimum absolute atomic E-state index is 0.0519. The van der Waals surface area contributed by atoms with Crippen LogP contribution in [0.2, 0.25) is 5.02 Å². The van der Waals surface area contributed by atoms with Gasteiger partial charge in [-0.1, -0.05) is 23.7 Å². The zero-order chi connectivity index (χ0) is 11.1. The van der Waals surface area contributed by atoms with E-state index in [0.717, 1.165) is 11.8 Å². The molecule has 0 aromatic heterocycles. The highest BCUT2D eigenvalue weighted by Crippen LogP contribution is 2.10. The third-order valence-corrected chi connectivity index (χ3v) is 1.86. The van der Waals surface area contributed by atoms with Crippen LogP contribution in [0, 0.1) is 22.7 Å². The van der Waals surface area contributed by atoms with Gasteiger partial charge in [0.25, 0.3) is 0 Å². The van der Waals surface area contributed by atoms with Gasteiger partial charge in [0.05, 0.1) is 0 Å². The Morgan fingerprint density at radius 1 is 1.27 bits per heavy atom. The van der Waals surface area contributed by atoms with E-state index in [1.165, 1.54) is 0 Å². The van der Waals surface area contributed by atoms with Crippen molar-refractivity contribution < 1.29 is 4.74 Å². The quantitative estimate of drug-likeness (QED) is 0.579. The second kappa shape index (κ2) is 5.70. The summed E-state index contributed by atoms with van der Waals surface area (Å²) in [4.78, 5) is 0. The second-order valence-electron chi connectivity index (χ2n) is 2.69. The molecule has 4 heteroatoms. The summed E-state index contributed by atoms with van der Waals surface area (Å²) in [7, 11) is 0. The molecule has 1 rings (SSSR count). The summed E-state index contributed by atoms with van der Waals surface area (Å²) in [5.74, 6) is 0.